The Labute approximate surface area is 157 Å². The van der Waals surface area contributed by atoms with Crippen LogP contribution < -0.4 is 10.6 Å². The average molecular weight is 375 g/mol. The molecule has 3 rings (SSSR count). The van der Waals surface area contributed by atoms with E-state index in [0.717, 1.165) is 12.1 Å². The van der Waals surface area contributed by atoms with Crippen LogP contribution in [-0.2, 0) is 11.2 Å². The third-order valence-electron chi connectivity index (χ3n) is 4.63. The summed E-state index contributed by atoms with van der Waals surface area (Å²) in [5, 5.41) is 12.9. The monoisotopic (exact) mass is 374 g/mol. The normalized spacial score (nSPS) is 14.8. The highest BCUT2D eigenvalue weighted by Crippen LogP contribution is 2.26. The molecule has 6 nitrogen and oxygen atoms in total. The molecule has 7 heteroatoms. The molecule has 0 saturated heterocycles. The second-order valence-corrected chi connectivity index (χ2v) is 7.16. The SMILES string of the molecule is O=C(CNC(=O)c1cccc(Cl)c1)Nc1cc(CC2CCCCC2)[nH]n1. The number of nitrogens with one attached hydrogen (secondary N) is 3. The van der Waals surface area contributed by atoms with Gasteiger partial charge in [0.05, 0.1) is 6.54 Å². The molecule has 1 heterocycles. The third-order valence-corrected chi connectivity index (χ3v) is 4.86. The van der Waals surface area contributed by atoms with Crippen molar-refractivity contribution in [2.24, 2.45) is 5.92 Å². The van der Waals surface area contributed by atoms with Crippen molar-refractivity contribution in [2.45, 2.75) is 38.5 Å². The molecular formula is C19H23ClN4O2. The highest BCUT2D eigenvalue weighted by molar-refractivity contribution is 6.31. The molecule has 26 heavy (non-hydrogen) atoms. The molecule has 0 spiro atoms. The number of rotatable bonds is 6. The molecule has 3 N–H and O–H groups in total. The van der Waals surface area contributed by atoms with Gasteiger partial charge in [0.1, 0.15) is 0 Å². The Hall–Kier alpha value is -2.34. The van der Waals surface area contributed by atoms with E-state index in [2.05, 4.69) is 20.8 Å². The first kappa shape index (κ1) is 18.5. The largest absolute Gasteiger partial charge is 0.343 e. The van der Waals surface area contributed by atoms with Crippen molar-refractivity contribution in [1.82, 2.24) is 15.5 Å². The third kappa shape index (κ3) is 5.33. The topological polar surface area (TPSA) is 86.9 Å². The molecule has 0 aliphatic heterocycles. The first-order chi connectivity index (χ1) is 12.6. The van der Waals surface area contributed by atoms with Crippen LogP contribution in [-0.4, -0.2) is 28.6 Å². The van der Waals surface area contributed by atoms with Crippen molar-refractivity contribution in [2.75, 3.05) is 11.9 Å². The zero-order valence-corrected chi connectivity index (χ0v) is 15.3. The van der Waals surface area contributed by atoms with Crippen molar-refractivity contribution in [3.63, 3.8) is 0 Å². The Morgan fingerprint density at radius 3 is 2.77 bits per heavy atom. The molecule has 2 amide bonds. The summed E-state index contributed by atoms with van der Waals surface area (Å²) in [5.41, 5.74) is 1.45. The van der Waals surface area contributed by atoms with Crippen molar-refractivity contribution < 1.29 is 9.59 Å². The van der Waals surface area contributed by atoms with Gasteiger partial charge in [-0.05, 0) is 30.5 Å². The van der Waals surface area contributed by atoms with Gasteiger partial charge in [-0.15, -0.1) is 0 Å². The molecular weight excluding hydrogens is 352 g/mol. The summed E-state index contributed by atoms with van der Waals surface area (Å²) < 4.78 is 0. The summed E-state index contributed by atoms with van der Waals surface area (Å²) in [6, 6.07) is 8.44. The Bertz CT molecular complexity index is 768. The number of halogens is 1. The number of benzene rings is 1. The molecule has 0 bridgehead atoms. The zero-order valence-electron chi connectivity index (χ0n) is 14.6. The summed E-state index contributed by atoms with van der Waals surface area (Å²) >= 11 is 5.86. The van der Waals surface area contributed by atoms with Crippen LogP contribution in [0.3, 0.4) is 0 Å². The number of carbonyl (C=O) groups is 2. The molecule has 2 aromatic rings. The highest BCUT2D eigenvalue weighted by atomic mass is 35.5. The van der Waals surface area contributed by atoms with E-state index in [-0.39, 0.29) is 18.4 Å². The number of hydrogen-bond acceptors (Lipinski definition) is 3. The Morgan fingerprint density at radius 1 is 1.19 bits per heavy atom. The number of aromatic nitrogens is 2. The number of carbonyl (C=O) groups excluding carboxylic acids is 2. The van der Waals surface area contributed by atoms with E-state index >= 15 is 0 Å². The fraction of sp³-hybridized carbons (Fsp3) is 0.421. The second kappa shape index (κ2) is 8.85. The van der Waals surface area contributed by atoms with Crippen molar-refractivity contribution in [3.05, 3.63) is 46.6 Å². The molecule has 138 valence electrons. The van der Waals surface area contributed by atoms with Crippen LogP contribution in [0.1, 0.15) is 48.2 Å². The van der Waals surface area contributed by atoms with Crippen molar-refractivity contribution in [1.29, 1.82) is 0 Å². The number of amides is 2. The lowest BCUT2D eigenvalue weighted by molar-refractivity contribution is -0.115. The molecule has 1 fully saturated rings. The van der Waals surface area contributed by atoms with E-state index in [1.54, 1.807) is 24.3 Å². The van der Waals surface area contributed by atoms with Crippen molar-refractivity contribution >= 4 is 29.2 Å². The first-order valence-corrected chi connectivity index (χ1v) is 9.36. The van der Waals surface area contributed by atoms with E-state index in [4.69, 9.17) is 11.6 Å². The number of aromatic amines is 1. The number of nitrogens with zero attached hydrogens (tertiary/aromatic N) is 1. The maximum absolute atomic E-state index is 12.0. The minimum atomic E-state index is -0.345. The molecule has 1 aromatic carbocycles. The summed E-state index contributed by atoms with van der Waals surface area (Å²) in [5.74, 6) is 0.515. The quantitative estimate of drug-likeness (QED) is 0.722. The van der Waals surface area contributed by atoms with Gasteiger partial charge in [0, 0.05) is 22.3 Å². The molecule has 0 unspecified atom stereocenters. The summed E-state index contributed by atoms with van der Waals surface area (Å²) in [6.07, 6.45) is 7.42. The van der Waals surface area contributed by atoms with E-state index in [1.807, 2.05) is 6.07 Å². The second-order valence-electron chi connectivity index (χ2n) is 6.73. The van der Waals surface area contributed by atoms with Crippen LogP contribution >= 0.6 is 11.6 Å². The zero-order chi connectivity index (χ0) is 18.4. The van der Waals surface area contributed by atoms with Gasteiger partial charge in [-0.25, -0.2) is 0 Å². The van der Waals surface area contributed by atoms with E-state index < -0.39 is 0 Å². The van der Waals surface area contributed by atoms with Crippen LogP contribution in [0.2, 0.25) is 5.02 Å². The minimum Gasteiger partial charge on any atom is -0.343 e. The van der Waals surface area contributed by atoms with Gasteiger partial charge >= 0.3 is 0 Å². The van der Waals surface area contributed by atoms with Crippen LogP contribution in [0, 0.1) is 5.92 Å². The van der Waals surface area contributed by atoms with Crippen LogP contribution in [0.4, 0.5) is 5.82 Å². The lowest BCUT2D eigenvalue weighted by atomic mass is 9.86. The molecule has 1 aliphatic carbocycles. The summed E-state index contributed by atoms with van der Waals surface area (Å²) in [6.45, 7) is -0.129. The Balaban J connectivity index is 1.45. The van der Waals surface area contributed by atoms with Gasteiger partial charge < -0.3 is 10.6 Å². The summed E-state index contributed by atoms with van der Waals surface area (Å²) in [4.78, 5) is 24.0. The standard InChI is InChI=1S/C19H23ClN4O2/c20-15-8-4-7-14(10-15)19(26)21-12-18(25)22-17-11-16(23-24-17)9-13-5-2-1-3-6-13/h4,7-8,10-11,13H,1-3,5-6,9,12H2,(H,21,26)(H2,22,23,24,25). The first-order valence-electron chi connectivity index (χ1n) is 8.98. The van der Waals surface area contributed by atoms with Crippen molar-refractivity contribution in [3.8, 4) is 0 Å². The van der Waals surface area contributed by atoms with E-state index in [0.29, 0.717) is 22.3 Å². The number of H-pyrrole nitrogens is 1. The summed E-state index contributed by atoms with van der Waals surface area (Å²) in [7, 11) is 0. The average Bonchev–Trinajstić information content (AvgIpc) is 3.07. The highest BCUT2D eigenvalue weighted by Gasteiger charge is 2.16. The smallest absolute Gasteiger partial charge is 0.251 e. The van der Waals surface area contributed by atoms with E-state index in [9.17, 15) is 9.59 Å². The van der Waals surface area contributed by atoms with Gasteiger partial charge in [0.15, 0.2) is 5.82 Å². The lowest BCUT2D eigenvalue weighted by Crippen LogP contribution is -2.32. The van der Waals surface area contributed by atoms with Gasteiger partial charge in [-0.3, -0.25) is 14.7 Å². The van der Waals surface area contributed by atoms with Crippen LogP contribution in [0.25, 0.3) is 0 Å². The van der Waals surface area contributed by atoms with Gasteiger partial charge in [0.2, 0.25) is 5.91 Å². The lowest BCUT2D eigenvalue weighted by Gasteiger charge is -2.20. The maximum atomic E-state index is 12.0. The Kier molecular flexibility index (Phi) is 6.28. The number of hydrogen-bond donors (Lipinski definition) is 3. The van der Waals surface area contributed by atoms with Crippen LogP contribution in [0.5, 0.6) is 0 Å². The predicted octanol–water partition coefficient (Wildman–Crippen LogP) is 3.55. The fourth-order valence-electron chi connectivity index (χ4n) is 3.31. The predicted molar refractivity (Wildman–Crippen MR) is 101 cm³/mol. The molecule has 1 aliphatic rings. The minimum absolute atomic E-state index is 0.129. The number of anilines is 1. The van der Waals surface area contributed by atoms with Gasteiger partial charge in [-0.2, -0.15) is 5.10 Å². The molecule has 1 saturated carbocycles. The Morgan fingerprint density at radius 2 is 2.00 bits per heavy atom. The van der Waals surface area contributed by atoms with Gasteiger partial charge in [0.25, 0.3) is 5.91 Å². The van der Waals surface area contributed by atoms with E-state index in [1.165, 1.54) is 32.1 Å². The fourth-order valence-corrected chi connectivity index (χ4v) is 3.50. The maximum Gasteiger partial charge on any atom is 0.251 e. The molecule has 0 radical (unpaired) electrons. The molecule has 0 atom stereocenters. The van der Waals surface area contributed by atoms with Crippen LogP contribution in [0.15, 0.2) is 30.3 Å². The molecule has 1 aromatic heterocycles. The van der Waals surface area contributed by atoms with Gasteiger partial charge in [-0.1, -0.05) is 49.8 Å².